The molecule has 0 atom stereocenters. The molecule has 4 rings (SSSR count). The van der Waals surface area contributed by atoms with Gasteiger partial charge in [-0.25, -0.2) is 14.5 Å². The van der Waals surface area contributed by atoms with E-state index in [1.165, 1.54) is 24.5 Å². The molecular weight excluding hydrogens is 557 g/mol. The van der Waals surface area contributed by atoms with Crippen LogP contribution in [0.15, 0.2) is 48.2 Å². The van der Waals surface area contributed by atoms with Gasteiger partial charge in [-0.05, 0) is 32.9 Å². The summed E-state index contributed by atoms with van der Waals surface area (Å²) in [4.78, 5) is 30.2. The van der Waals surface area contributed by atoms with E-state index in [0.29, 0.717) is 10.9 Å². The van der Waals surface area contributed by atoms with Crippen LogP contribution in [0.4, 0.5) is 23.7 Å². The number of ether oxygens (including phenoxy) is 1. The van der Waals surface area contributed by atoms with Gasteiger partial charge in [0, 0.05) is 11.9 Å². The van der Waals surface area contributed by atoms with E-state index in [2.05, 4.69) is 36.2 Å². The molecule has 208 valence electrons. The van der Waals surface area contributed by atoms with Crippen LogP contribution in [-0.2, 0) is 10.9 Å². The van der Waals surface area contributed by atoms with Crippen LogP contribution in [0.3, 0.4) is 0 Å². The van der Waals surface area contributed by atoms with Crippen molar-refractivity contribution < 1.29 is 27.5 Å². The minimum atomic E-state index is -5.07. The Morgan fingerprint density at radius 2 is 1.85 bits per heavy atom. The fraction of sp³-hybridized carbons (Fsp3) is 0.261. The lowest BCUT2D eigenvalue weighted by atomic mass is 10.1. The first-order chi connectivity index (χ1) is 18.8. The number of pyridine rings is 1. The maximum absolute atomic E-state index is 14.2. The predicted octanol–water partition coefficient (Wildman–Crippen LogP) is 3.49. The maximum Gasteiger partial charge on any atom is 0.434 e. The fourth-order valence-electron chi connectivity index (χ4n) is 3.49. The number of carbonyl (C=O) groups excluding carboxylic acids is 2. The molecule has 0 saturated heterocycles. The molecule has 0 radical (unpaired) electrons. The maximum atomic E-state index is 14.2. The van der Waals surface area contributed by atoms with Gasteiger partial charge in [0.05, 0.1) is 42.0 Å². The highest BCUT2D eigenvalue weighted by molar-refractivity contribution is 6.35. The molecule has 3 aromatic heterocycles. The van der Waals surface area contributed by atoms with E-state index >= 15 is 0 Å². The highest BCUT2D eigenvalue weighted by atomic mass is 35.5. The average molecular weight is 577 g/mol. The Morgan fingerprint density at radius 3 is 2.48 bits per heavy atom. The first kappa shape index (κ1) is 28.1. The van der Waals surface area contributed by atoms with Crippen molar-refractivity contribution >= 4 is 35.1 Å². The molecule has 3 aromatic rings. The largest absolute Gasteiger partial charge is 0.444 e. The van der Waals surface area contributed by atoms with Gasteiger partial charge in [0.15, 0.2) is 17.3 Å². The Kier molecular flexibility index (Phi) is 7.51. The van der Waals surface area contributed by atoms with Crippen molar-refractivity contribution in [3.8, 4) is 11.9 Å². The van der Waals surface area contributed by atoms with E-state index in [0.717, 1.165) is 11.0 Å². The molecule has 40 heavy (non-hydrogen) atoms. The van der Waals surface area contributed by atoms with Gasteiger partial charge in [-0.15, -0.1) is 4.80 Å². The third-order valence-corrected chi connectivity index (χ3v) is 5.40. The van der Waals surface area contributed by atoms with E-state index in [-0.39, 0.29) is 34.3 Å². The van der Waals surface area contributed by atoms with Crippen molar-refractivity contribution in [1.82, 2.24) is 40.4 Å². The second-order valence-corrected chi connectivity index (χ2v) is 9.49. The zero-order chi connectivity index (χ0) is 29.2. The van der Waals surface area contributed by atoms with Gasteiger partial charge in [0.1, 0.15) is 16.7 Å². The fourth-order valence-corrected chi connectivity index (χ4v) is 3.73. The quantitative estimate of drug-likeness (QED) is 0.412. The number of rotatable bonds is 5. The van der Waals surface area contributed by atoms with Crippen LogP contribution < -0.4 is 16.0 Å². The summed E-state index contributed by atoms with van der Waals surface area (Å²) in [6, 6.07) is 3.17. The highest BCUT2D eigenvalue weighted by Gasteiger charge is 2.41. The van der Waals surface area contributed by atoms with Gasteiger partial charge in [-0.3, -0.25) is 10.1 Å². The van der Waals surface area contributed by atoms with E-state index in [1.807, 2.05) is 6.07 Å². The van der Waals surface area contributed by atoms with Crippen LogP contribution in [-0.4, -0.2) is 53.9 Å². The molecule has 1 aliphatic heterocycles. The first-order valence-corrected chi connectivity index (χ1v) is 11.7. The lowest BCUT2D eigenvalue weighted by Crippen LogP contribution is -2.34. The smallest absolute Gasteiger partial charge is 0.434 e. The molecule has 13 nitrogen and oxygen atoms in total. The summed E-state index contributed by atoms with van der Waals surface area (Å²) in [6.07, 6.45) is -0.0729. The van der Waals surface area contributed by atoms with Crippen molar-refractivity contribution in [3.63, 3.8) is 0 Å². The number of dihydropyridines is 1. The van der Waals surface area contributed by atoms with Crippen LogP contribution in [0, 0.1) is 11.3 Å². The van der Waals surface area contributed by atoms with Gasteiger partial charge < -0.3 is 15.4 Å². The summed E-state index contributed by atoms with van der Waals surface area (Å²) >= 11 is 6.29. The van der Waals surface area contributed by atoms with Crippen LogP contribution in [0.5, 0.6) is 0 Å². The van der Waals surface area contributed by atoms with E-state index in [4.69, 9.17) is 16.3 Å². The number of halogens is 4. The summed E-state index contributed by atoms with van der Waals surface area (Å²) in [5, 5.41) is 28.2. The van der Waals surface area contributed by atoms with Crippen LogP contribution in [0.25, 0.3) is 11.6 Å². The first-order valence-electron chi connectivity index (χ1n) is 11.4. The summed E-state index contributed by atoms with van der Waals surface area (Å²) < 4.78 is 48.2. The monoisotopic (exact) mass is 576 g/mol. The van der Waals surface area contributed by atoms with Gasteiger partial charge in [0.25, 0.3) is 5.91 Å². The molecule has 0 aromatic carbocycles. The number of carbonyl (C=O) groups is 2. The molecule has 0 aliphatic carbocycles. The Hall–Kier alpha value is -4.91. The van der Waals surface area contributed by atoms with Crippen molar-refractivity contribution in [1.29, 1.82) is 5.26 Å². The second kappa shape index (κ2) is 10.7. The number of anilines is 1. The SMILES string of the molecule is CC(C)(C)OC(=O)Nc1ccnc(-n2ncc(C(=O)NC3=CC(C#N)=C(n4nccn4)NC3)c2C(F)(F)F)c1Cl. The zero-order valence-corrected chi connectivity index (χ0v) is 21.8. The van der Waals surface area contributed by atoms with E-state index in [9.17, 15) is 28.0 Å². The molecule has 0 saturated carbocycles. The normalized spacial score (nSPS) is 13.7. The molecule has 0 unspecified atom stereocenters. The lowest BCUT2D eigenvalue weighted by Gasteiger charge is -2.20. The number of amides is 2. The topological polar surface area (TPSA) is 165 Å². The van der Waals surface area contributed by atoms with Crippen LogP contribution in [0.2, 0.25) is 5.02 Å². The molecule has 3 N–H and O–H groups in total. The molecule has 1 aliphatic rings. The van der Waals surface area contributed by atoms with Crippen LogP contribution >= 0.6 is 11.6 Å². The number of nitrogens with zero attached hydrogens (tertiary/aromatic N) is 7. The minimum absolute atomic E-state index is 0.0368. The minimum Gasteiger partial charge on any atom is -0.444 e. The van der Waals surface area contributed by atoms with Gasteiger partial charge in [-0.2, -0.15) is 33.7 Å². The summed E-state index contributed by atoms with van der Waals surface area (Å²) in [5.41, 5.74) is -3.08. The number of hydrogen-bond acceptors (Lipinski definition) is 9. The van der Waals surface area contributed by atoms with Gasteiger partial charge in [-0.1, -0.05) is 11.6 Å². The summed E-state index contributed by atoms with van der Waals surface area (Å²) in [5.74, 6) is -1.41. The Balaban J connectivity index is 1.66. The van der Waals surface area contributed by atoms with Crippen molar-refractivity contribution in [2.24, 2.45) is 0 Å². The van der Waals surface area contributed by atoms with Gasteiger partial charge in [0.2, 0.25) is 0 Å². The average Bonchev–Trinajstić information content (AvgIpc) is 3.54. The summed E-state index contributed by atoms with van der Waals surface area (Å²) in [6.45, 7) is 4.84. The Morgan fingerprint density at radius 1 is 1.15 bits per heavy atom. The highest BCUT2D eigenvalue weighted by Crippen LogP contribution is 2.36. The van der Waals surface area contributed by atoms with E-state index in [1.54, 1.807) is 20.8 Å². The Bertz CT molecular complexity index is 1560. The second-order valence-electron chi connectivity index (χ2n) is 9.11. The predicted molar refractivity (Wildman–Crippen MR) is 134 cm³/mol. The number of hydrogen-bond donors (Lipinski definition) is 3. The third-order valence-electron chi connectivity index (χ3n) is 5.02. The molecule has 0 spiro atoms. The van der Waals surface area contributed by atoms with Crippen molar-refractivity contribution in [2.75, 3.05) is 11.9 Å². The molecule has 0 bridgehead atoms. The lowest BCUT2D eigenvalue weighted by molar-refractivity contribution is -0.143. The number of nitriles is 1. The van der Waals surface area contributed by atoms with Crippen LogP contribution in [0.1, 0.15) is 36.8 Å². The molecule has 0 fully saturated rings. The third kappa shape index (κ3) is 6.04. The number of alkyl halides is 3. The number of aromatic nitrogens is 6. The van der Waals surface area contributed by atoms with E-state index < -0.39 is 40.9 Å². The molecular formula is C23H20ClF3N10O3. The summed E-state index contributed by atoms with van der Waals surface area (Å²) in [7, 11) is 0. The molecule has 17 heteroatoms. The number of nitrogens with one attached hydrogen (secondary N) is 3. The molecule has 4 heterocycles. The molecule has 2 amide bonds. The number of allylic oxidation sites excluding steroid dienone is 2. The van der Waals surface area contributed by atoms with Crippen molar-refractivity contribution in [3.05, 3.63) is 64.5 Å². The standard InChI is InChI=1S/C23H20ClF3N10O3/c1-22(2,3)40-21(39)35-15-4-5-29-19(16(15)24)36-17(23(25,26)27)14(11-33-36)20(38)34-13-8-12(9-28)18(30-10-13)37-31-6-7-32-37/h4-8,11,30H,10H2,1-3H3,(H,34,38)(H,29,35,39). The Labute approximate surface area is 229 Å². The van der Waals surface area contributed by atoms with Gasteiger partial charge >= 0.3 is 12.3 Å². The van der Waals surface area contributed by atoms with Crippen molar-refractivity contribution in [2.45, 2.75) is 32.5 Å². The zero-order valence-electron chi connectivity index (χ0n) is 21.0.